The fraction of sp³-hybridized carbons (Fsp3) is 0.154. The second kappa shape index (κ2) is 6.94. The third-order valence-electron chi connectivity index (χ3n) is 2.60. The number of hydrogen-bond acceptors (Lipinski definition) is 5. The third-order valence-corrected chi connectivity index (χ3v) is 3.63. The highest BCUT2D eigenvalue weighted by molar-refractivity contribution is 7.17. The van der Waals surface area contributed by atoms with Crippen molar-refractivity contribution in [3.05, 3.63) is 57.0 Å². The van der Waals surface area contributed by atoms with Crippen molar-refractivity contribution >= 4 is 22.2 Å². The molecule has 0 aliphatic heterocycles. The van der Waals surface area contributed by atoms with Crippen LogP contribution in [-0.2, 0) is 6.54 Å². The predicted octanol–water partition coefficient (Wildman–Crippen LogP) is 3.19. The molecule has 22 heavy (non-hydrogen) atoms. The Hall–Kier alpha value is -2.55. The number of halogens is 2. The second-order valence-corrected chi connectivity index (χ2v) is 5.16. The zero-order chi connectivity index (χ0) is 16.1. The Bertz CT molecular complexity index is 673. The normalized spacial score (nSPS) is 10.5. The molecule has 2 aromatic rings. The van der Waals surface area contributed by atoms with Gasteiger partial charge < -0.3 is 10.1 Å². The highest BCUT2D eigenvalue weighted by Crippen LogP contribution is 2.23. The number of nitrogens with zero attached hydrogens (tertiary/aromatic N) is 1. The average Bonchev–Trinajstić information content (AvgIpc) is 2.96. The molecular formula is C13H10F2N2O4S. The van der Waals surface area contributed by atoms with Gasteiger partial charge in [-0.15, -0.1) is 0 Å². The molecule has 9 heteroatoms. The summed E-state index contributed by atoms with van der Waals surface area (Å²) in [6.45, 7) is -2.72. The van der Waals surface area contributed by atoms with Crippen LogP contribution in [0.1, 0.15) is 15.2 Å². The lowest BCUT2D eigenvalue weighted by Gasteiger charge is -2.06. The smallest absolute Gasteiger partial charge is 0.387 e. The Morgan fingerprint density at radius 2 is 1.95 bits per heavy atom. The molecular weight excluding hydrogens is 318 g/mol. The molecule has 6 nitrogen and oxygen atoms in total. The summed E-state index contributed by atoms with van der Waals surface area (Å²) in [5.41, 5.74) is 0.682. The number of carbonyl (C=O) groups excluding carboxylic acids is 1. The molecule has 1 N–H and O–H groups in total. The highest BCUT2D eigenvalue weighted by Gasteiger charge is 2.14. The lowest BCUT2D eigenvalue weighted by atomic mass is 10.2. The lowest BCUT2D eigenvalue weighted by Crippen LogP contribution is -2.21. The van der Waals surface area contributed by atoms with Crippen molar-refractivity contribution in [1.82, 2.24) is 5.32 Å². The number of carbonyl (C=O) groups is 1. The summed E-state index contributed by atoms with van der Waals surface area (Å²) >= 11 is 0.779. The van der Waals surface area contributed by atoms with Crippen LogP contribution in [0.3, 0.4) is 0 Å². The third kappa shape index (κ3) is 4.22. The lowest BCUT2D eigenvalue weighted by molar-refractivity contribution is -0.380. The minimum Gasteiger partial charge on any atom is -0.435 e. The molecule has 1 aromatic heterocycles. The fourth-order valence-corrected chi connectivity index (χ4v) is 2.34. The molecule has 0 fully saturated rings. The molecule has 1 heterocycles. The molecule has 1 aromatic carbocycles. The van der Waals surface area contributed by atoms with Gasteiger partial charge in [0.2, 0.25) is 0 Å². The van der Waals surface area contributed by atoms with Gasteiger partial charge in [0, 0.05) is 12.6 Å². The quantitative estimate of drug-likeness (QED) is 0.652. The van der Waals surface area contributed by atoms with Gasteiger partial charge >= 0.3 is 11.6 Å². The Morgan fingerprint density at radius 3 is 2.50 bits per heavy atom. The molecule has 0 atom stereocenters. The van der Waals surface area contributed by atoms with E-state index >= 15 is 0 Å². The van der Waals surface area contributed by atoms with Crippen molar-refractivity contribution in [1.29, 1.82) is 0 Å². The number of alkyl halides is 2. The van der Waals surface area contributed by atoms with Crippen molar-refractivity contribution < 1.29 is 23.2 Å². The van der Waals surface area contributed by atoms with Gasteiger partial charge in [-0.2, -0.15) is 8.78 Å². The van der Waals surface area contributed by atoms with Gasteiger partial charge in [-0.25, -0.2) is 0 Å². The number of nitro groups is 1. The van der Waals surface area contributed by atoms with Crippen LogP contribution < -0.4 is 10.1 Å². The topological polar surface area (TPSA) is 81.5 Å². The first-order valence-corrected chi connectivity index (χ1v) is 6.83. The largest absolute Gasteiger partial charge is 0.435 e. The monoisotopic (exact) mass is 328 g/mol. The van der Waals surface area contributed by atoms with E-state index in [1.54, 1.807) is 0 Å². The summed E-state index contributed by atoms with van der Waals surface area (Å²) in [7, 11) is 0. The Morgan fingerprint density at radius 1 is 1.27 bits per heavy atom. The maximum Gasteiger partial charge on any atom is 0.387 e. The summed E-state index contributed by atoms with van der Waals surface area (Å²) in [5.74, 6) is -0.412. The number of thiophene rings is 1. The molecule has 0 bridgehead atoms. The predicted molar refractivity (Wildman–Crippen MR) is 75.2 cm³/mol. The van der Waals surface area contributed by atoms with Crippen LogP contribution in [0, 0.1) is 10.1 Å². The molecule has 2 rings (SSSR count). The summed E-state index contributed by atoms with van der Waals surface area (Å²) in [5, 5.41) is 13.0. The molecule has 0 unspecified atom stereocenters. The first kappa shape index (κ1) is 15.8. The number of ether oxygens (including phenoxy) is 1. The van der Waals surface area contributed by atoms with E-state index in [0.717, 1.165) is 11.3 Å². The van der Waals surface area contributed by atoms with Gasteiger partial charge in [0.1, 0.15) is 5.75 Å². The molecule has 116 valence electrons. The molecule has 0 radical (unpaired) electrons. The Kier molecular flexibility index (Phi) is 4.99. The molecule has 0 spiro atoms. The highest BCUT2D eigenvalue weighted by atomic mass is 32.1. The number of rotatable bonds is 6. The number of benzene rings is 1. The maximum absolute atomic E-state index is 12.0. The molecule has 0 aliphatic rings. The SMILES string of the molecule is O=C(NCc1ccc(OC(F)F)cc1)c1ccc([N+](=O)[O-])s1. The van der Waals surface area contributed by atoms with E-state index < -0.39 is 17.4 Å². The second-order valence-electron chi connectivity index (χ2n) is 4.10. The van der Waals surface area contributed by atoms with Gasteiger partial charge in [0.05, 0.1) is 9.80 Å². The number of nitrogens with one attached hydrogen (secondary N) is 1. The van der Waals surface area contributed by atoms with E-state index in [0.29, 0.717) is 5.56 Å². The van der Waals surface area contributed by atoms with Crippen LogP contribution in [0.5, 0.6) is 5.75 Å². The van der Waals surface area contributed by atoms with Crippen LogP contribution in [-0.4, -0.2) is 17.4 Å². The zero-order valence-corrected chi connectivity index (χ0v) is 11.8. The van der Waals surface area contributed by atoms with Crippen molar-refractivity contribution in [2.45, 2.75) is 13.2 Å². The van der Waals surface area contributed by atoms with Crippen molar-refractivity contribution in [2.75, 3.05) is 0 Å². The Balaban J connectivity index is 1.91. The van der Waals surface area contributed by atoms with E-state index in [9.17, 15) is 23.7 Å². The van der Waals surface area contributed by atoms with Crippen molar-refractivity contribution in [3.8, 4) is 5.75 Å². The van der Waals surface area contributed by atoms with Crippen molar-refractivity contribution in [2.24, 2.45) is 0 Å². The van der Waals surface area contributed by atoms with Crippen LogP contribution in [0.25, 0.3) is 0 Å². The first-order valence-electron chi connectivity index (χ1n) is 6.02. The van der Waals surface area contributed by atoms with Crippen LogP contribution in [0.2, 0.25) is 0 Å². The van der Waals surface area contributed by atoms with Crippen LogP contribution in [0.15, 0.2) is 36.4 Å². The molecule has 1 amide bonds. The minimum absolute atomic E-state index is 0.0268. The number of hydrogen-bond donors (Lipinski definition) is 1. The van der Waals surface area contributed by atoms with Crippen LogP contribution >= 0.6 is 11.3 Å². The van der Waals surface area contributed by atoms with Gasteiger partial charge in [-0.05, 0) is 23.8 Å². The molecule has 0 saturated carbocycles. The van der Waals surface area contributed by atoms with Gasteiger partial charge in [0.25, 0.3) is 5.91 Å². The fourth-order valence-electron chi connectivity index (χ4n) is 1.61. The first-order chi connectivity index (χ1) is 10.5. The van der Waals surface area contributed by atoms with E-state index in [4.69, 9.17) is 0 Å². The number of amides is 1. The Labute approximate surface area is 127 Å². The van der Waals surface area contributed by atoms with Gasteiger partial charge in [-0.3, -0.25) is 14.9 Å². The molecule has 0 saturated heterocycles. The summed E-state index contributed by atoms with van der Waals surface area (Å²) in [6, 6.07) is 8.44. The summed E-state index contributed by atoms with van der Waals surface area (Å²) < 4.78 is 28.2. The van der Waals surface area contributed by atoms with Crippen molar-refractivity contribution in [3.63, 3.8) is 0 Å². The zero-order valence-electron chi connectivity index (χ0n) is 11.0. The van der Waals surface area contributed by atoms with Gasteiger partial charge in [0.15, 0.2) is 0 Å². The van der Waals surface area contributed by atoms with Crippen LogP contribution in [0.4, 0.5) is 13.8 Å². The minimum atomic E-state index is -2.89. The average molecular weight is 328 g/mol. The summed E-state index contributed by atoms with van der Waals surface area (Å²) in [4.78, 5) is 22.0. The maximum atomic E-state index is 12.0. The van der Waals surface area contributed by atoms with E-state index in [1.807, 2.05) is 0 Å². The standard InChI is InChI=1S/C13H10F2N2O4S/c14-13(15)21-9-3-1-8(2-4-9)7-16-12(18)10-5-6-11(22-10)17(19)20/h1-6,13H,7H2,(H,16,18). The summed E-state index contributed by atoms with van der Waals surface area (Å²) in [6.07, 6.45) is 0. The molecule has 0 aliphatic carbocycles. The van der Waals surface area contributed by atoms with E-state index in [2.05, 4.69) is 10.1 Å². The van der Waals surface area contributed by atoms with E-state index in [-0.39, 0.29) is 22.2 Å². The van der Waals surface area contributed by atoms with E-state index in [1.165, 1.54) is 36.4 Å². The van der Waals surface area contributed by atoms with Gasteiger partial charge in [-0.1, -0.05) is 23.5 Å².